The van der Waals surface area contributed by atoms with E-state index in [1.165, 1.54) is 6.07 Å². The molecule has 0 unspecified atom stereocenters. The first-order chi connectivity index (χ1) is 15.3. The number of hydrogen-bond acceptors (Lipinski definition) is 10. The van der Waals surface area contributed by atoms with E-state index >= 15 is 0 Å². The standard InChI is InChI=1S/C22H24O10/c1-29-13-4-2-10(3-5-13)14-7-11-6-12(24)8-15(17(11)21(28)30-14)31-22-20(27)19(26)18(25)16(9-23)32-22/h2-6,8,14,16,18-20,22-27H,7,9H2,1H3/t14-,16-,18-,19+,20-,22-/m0/s1. The van der Waals surface area contributed by atoms with Crippen molar-refractivity contribution in [2.75, 3.05) is 13.7 Å². The third kappa shape index (κ3) is 4.10. The van der Waals surface area contributed by atoms with Gasteiger partial charge in [0.05, 0.1) is 13.7 Å². The SMILES string of the molecule is COc1ccc([C@@H]2Cc3cc(O)cc(O[C@H]4O[C@@H](CO)[C@H](O)[C@@H](O)[C@@H]4O)c3C(=O)O2)cc1. The summed E-state index contributed by atoms with van der Waals surface area (Å²) in [5.41, 5.74) is 1.25. The molecule has 172 valence electrons. The number of hydrogen-bond donors (Lipinski definition) is 5. The smallest absolute Gasteiger partial charge is 0.342 e. The van der Waals surface area contributed by atoms with Crippen molar-refractivity contribution in [1.82, 2.24) is 0 Å². The Labute approximate surface area is 183 Å². The topological polar surface area (TPSA) is 155 Å². The second kappa shape index (κ2) is 8.93. The molecule has 10 heteroatoms. The number of esters is 1. The summed E-state index contributed by atoms with van der Waals surface area (Å²) < 4.78 is 21.7. The van der Waals surface area contributed by atoms with Crippen molar-refractivity contribution in [3.05, 3.63) is 53.1 Å². The van der Waals surface area contributed by atoms with Crippen LogP contribution in [0.25, 0.3) is 0 Å². The lowest BCUT2D eigenvalue weighted by Crippen LogP contribution is -2.60. The van der Waals surface area contributed by atoms with Crippen LogP contribution in [-0.2, 0) is 15.9 Å². The number of aliphatic hydroxyl groups excluding tert-OH is 4. The minimum absolute atomic E-state index is 0.0459. The molecule has 4 rings (SSSR count). The Morgan fingerprint density at radius 1 is 1.06 bits per heavy atom. The lowest BCUT2D eigenvalue weighted by Gasteiger charge is -2.40. The highest BCUT2D eigenvalue weighted by atomic mass is 16.7. The normalized spacial score (nSPS) is 29.7. The lowest BCUT2D eigenvalue weighted by molar-refractivity contribution is -0.277. The van der Waals surface area contributed by atoms with E-state index in [1.807, 2.05) is 0 Å². The van der Waals surface area contributed by atoms with E-state index in [-0.39, 0.29) is 23.5 Å². The molecule has 0 aliphatic carbocycles. The second-order valence-corrected chi connectivity index (χ2v) is 7.66. The highest BCUT2D eigenvalue weighted by Gasteiger charge is 2.45. The van der Waals surface area contributed by atoms with Gasteiger partial charge in [-0.1, -0.05) is 12.1 Å². The fourth-order valence-corrected chi connectivity index (χ4v) is 3.87. The molecule has 32 heavy (non-hydrogen) atoms. The van der Waals surface area contributed by atoms with E-state index in [0.29, 0.717) is 11.3 Å². The highest BCUT2D eigenvalue weighted by Crippen LogP contribution is 2.39. The quantitative estimate of drug-likeness (QED) is 0.396. The maximum Gasteiger partial charge on any atom is 0.342 e. The molecule has 0 spiro atoms. The van der Waals surface area contributed by atoms with Crippen molar-refractivity contribution in [2.45, 2.75) is 43.2 Å². The number of methoxy groups -OCH3 is 1. The largest absolute Gasteiger partial charge is 0.508 e. The summed E-state index contributed by atoms with van der Waals surface area (Å²) in [6.45, 7) is -0.630. The zero-order valence-corrected chi connectivity index (χ0v) is 17.1. The van der Waals surface area contributed by atoms with Gasteiger partial charge in [0.25, 0.3) is 0 Å². The van der Waals surface area contributed by atoms with Gasteiger partial charge in [0.2, 0.25) is 6.29 Å². The van der Waals surface area contributed by atoms with Crippen LogP contribution in [-0.4, -0.2) is 75.9 Å². The molecular weight excluding hydrogens is 424 g/mol. The van der Waals surface area contributed by atoms with Crippen LogP contribution in [0.3, 0.4) is 0 Å². The Balaban J connectivity index is 1.61. The first-order valence-corrected chi connectivity index (χ1v) is 10.0. The minimum atomic E-state index is -1.67. The first-order valence-electron chi connectivity index (χ1n) is 10.0. The van der Waals surface area contributed by atoms with E-state index in [0.717, 1.165) is 11.6 Å². The van der Waals surface area contributed by atoms with Crippen LogP contribution in [0.4, 0.5) is 0 Å². The third-order valence-corrected chi connectivity index (χ3v) is 5.61. The van der Waals surface area contributed by atoms with Gasteiger partial charge in [-0.3, -0.25) is 0 Å². The molecule has 1 fully saturated rings. The third-order valence-electron chi connectivity index (χ3n) is 5.61. The number of ether oxygens (including phenoxy) is 4. The van der Waals surface area contributed by atoms with Crippen LogP contribution in [0.5, 0.6) is 17.2 Å². The van der Waals surface area contributed by atoms with Gasteiger partial charge in [-0.15, -0.1) is 0 Å². The van der Waals surface area contributed by atoms with Crippen LogP contribution in [0.1, 0.15) is 27.6 Å². The number of benzene rings is 2. The van der Waals surface area contributed by atoms with E-state index in [4.69, 9.17) is 18.9 Å². The monoisotopic (exact) mass is 448 g/mol. The number of phenols is 1. The second-order valence-electron chi connectivity index (χ2n) is 7.66. The van der Waals surface area contributed by atoms with E-state index in [2.05, 4.69) is 0 Å². The van der Waals surface area contributed by atoms with Crippen LogP contribution < -0.4 is 9.47 Å². The van der Waals surface area contributed by atoms with E-state index in [9.17, 15) is 30.3 Å². The number of carbonyl (C=O) groups is 1. The van der Waals surface area contributed by atoms with Crippen molar-refractivity contribution in [2.24, 2.45) is 0 Å². The molecule has 2 aliphatic heterocycles. The number of carbonyl (C=O) groups excluding carboxylic acids is 1. The predicted molar refractivity (Wildman–Crippen MR) is 107 cm³/mol. The average Bonchev–Trinajstić information content (AvgIpc) is 2.78. The Morgan fingerprint density at radius 3 is 2.44 bits per heavy atom. The molecule has 6 atom stereocenters. The van der Waals surface area contributed by atoms with Crippen LogP contribution in [0, 0.1) is 0 Å². The van der Waals surface area contributed by atoms with Crippen molar-refractivity contribution in [1.29, 1.82) is 0 Å². The number of phenolic OH excluding ortho intramolecular Hbond substituents is 1. The van der Waals surface area contributed by atoms with Crippen molar-refractivity contribution < 1.29 is 49.3 Å². The maximum atomic E-state index is 12.8. The number of fused-ring (bicyclic) bond motifs is 1. The Kier molecular flexibility index (Phi) is 6.22. The van der Waals surface area contributed by atoms with Crippen molar-refractivity contribution in [3.63, 3.8) is 0 Å². The van der Waals surface area contributed by atoms with Crippen LogP contribution in [0.15, 0.2) is 36.4 Å². The number of aliphatic hydroxyl groups is 4. The molecular formula is C22H24O10. The molecule has 10 nitrogen and oxygen atoms in total. The molecule has 0 radical (unpaired) electrons. The summed E-state index contributed by atoms with van der Waals surface area (Å²) in [4.78, 5) is 12.8. The summed E-state index contributed by atoms with van der Waals surface area (Å²) in [6, 6.07) is 9.62. The molecule has 0 bridgehead atoms. The first kappa shape index (κ1) is 22.3. The average molecular weight is 448 g/mol. The molecule has 0 saturated carbocycles. The zero-order valence-electron chi connectivity index (χ0n) is 17.1. The maximum absolute atomic E-state index is 12.8. The van der Waals surface area contributed by atoms with Gasteiger partial charge in [-0.25, -0.2) is 4.79 Å². The highest BCUT2D eigenvalue weighted by molar-refractivity contribution is 5.95. The van der Waals surface area contributed by atoms with Gasteiger partial charge >= 0.3 is 5.97 Å². The fourth-order valence-electron chi connectivity index (χ4n) is 3.87. The van der Waals surface area contributed by atoms with Gasteiger partial charge in [0.1, 0.15) is 53.3 Å². The summed E-state index contributed by atoms with van der Waals surface area (Å²) in [5, 5.41) is 49.6. The molecule has 0 aromatic heterocycles. The van der Waals surface area contributed by atoms with Gasteiger partial charge in [0, 0.05) is 12.5 Å². The Bertz CT molecular complexity index is 973. The van der Waals surface area contributed by atoms with Gasteiger partial charge in [-0.2, -0.15) is 0 Å². The van der Waals surface area contributed by atoms with Crippen molar-refractivity contribution >= 4 is 5.97 Å². The summed E-state index contributed by atoms with van der Waals surface area (Å²) in [7, 11) is 1.55. The number of cyclic esters (lactones) is 1. The molecule has 2 aromatic rings. The molecule has 1 saturated heterocycles. The summed E-state index contributed by atoms with van der Waals surface area (Å²) >= 11 is 0. The molecule has 2 heterocycles. The molecule has 0 amide bonds. The molecule has 5 N–H and O–H groups in total. The van der Waals surface area contributed by atoms with Gasteiger partial charge in [0.15, 0.2) is 0 Å². The molecule has 2 aliphatic rings. The summed E-state index contributed by atoms with van der Waals surface area (Å²) in [5.74, 6) is -0.357. The van der Waals surface area contributed by atoms with Crippen LogP contribution >= 0.6 is 0 Å². The predicted octanol–water partition coefficient (Wildman–Crippen LogP) is 0.0337. The van der Waals surface area contributed by atoms with Crippen molar-refractivity contribution in [3.8, 4) is 17.2 Å². The lowest BCUT2D eigenvalue weighted by atomic mass is 9.93. The Hall–Kier alpha value is -2.89. The van der Waals surface area contributed by atoms with Gasteiger partial charge < -0.3 is 44.5 Å². The Morgan fingerprint density at radius 2 is 1.78 bits per heavy atom. The van der Waals surface area contributed by atoms with E-state index < -0.39 is 49.4 Å². The van der Waals surface area contributed by atoms with E-state index in [1.54, 1.807) is 31.4 Å². The molecule has 2 aromatic carbocycles. The zero-order chi connectivity index (χ0) is 23.0. The number of rotatable bonds is 5. The number of aromatic hydroxyl groups is 1. The van der Waals surface area contributed by atoms with Gasteiger partial charge in [-0.05, 0) is 29.3 Å². The van der Waals surface area contributed by atoms with Crippen LogP contribution in [0.2, 0.25) is 0 Å². The fraction of sp³-hybridized carbons (Fsp3) is 0.409. The minimum Gasteiger partial charge on any atom is -0.508 e. The summed E-state index contributed by atoms with van der Waals surface area (Å²) in [6.07, 6.45) is -7.90.